The van der Waals surface area contributed by atoms with Crippen molar-refractivity contribution in [1.29, 1.82) is 5.26 Å². The summed E-state index contributed by atoms with van der Waals surface area (Å²) in [6.45, 7) is 2.87. The van der Waals surface area contributed by atoms with Gasteiger partial charge in [-0.2, -0.15) is 9.57 Å². The maximum Gasteiger partial charge on any atom is 0.321 e. The van der Waals surface area contributed by atoms with Crippen LogP contribution in [-0.4, -0.2) is 36.9 Å². The van der Waals surface area contributed by atoms with E-state index in [-0.39, 0.29) is 10.5 Å². The molecule has 19 heavy (non-hydrogen) atoms. The van der Waals surface area contributed by atoms with Gasteiger partial charge in [0, 0.05) is 7.05 Å². The Morgan fingerprint density at radius 3 is 2.53 bits per heavy atom. The monoisotopic (exact) mass is 282 g/mol. The Balaban J connectivity index is 3.36. The summed E-state index contributed by atoms with van der Waals surface area (Å²) in [5.74, 6) is -1.24. The smallest absolute Gasteiger partial charge is 0.321 e. The van der Waals surface area contributed by atoms with Gasteiger partial charge in [-0.15, -0.1) is 0 Å². The Labute approximate surface area is 111 Å². The molecule has 0 aliphatic carbocycles. The molecule has 0 saturated heterocycles. The Kier molecular flexibility index (Phi) is 4.29. The second kappa shape index (κ2) is 5.38. The molecule has 0 fully saturated rings. The van der Waals surface area contributed by atoms with Crippen LogP contribution < -0.4 is 0 Å². The van der Waals surface area contributed by atoms with E-state index in [1.54, 1.807) is 6.92 Å². The minimum absolute atomic E-state index is 0.0536. The first kappa shape index (κ1) is 15.1. The van der Waals surface area contributed by atoms with Crippen molar-refractivity contribution in [1.82, 2.24) is 4.31 Å². The van der Waals surface area contributed by atoms with Gasteiger partial charge < -0.3 is 5.11 Å². The Bertz CT molecular complexity index is 646. The van der Waals surface area contributed by atoms with Crippen LogP contribution in [0.1, 0.15) is 18.1 Å². The molecule has 1 rings (SSSR count). The summed E-state index contributed by atoms with van der Waals surface area (Å²) in [5.41, 5.74) is 0.670. The predicted molar refractivity (Wildman–Crippen MR) is 67.9 cm³/mol. The fourth-order valence-electron chi connectivity index (χ4n) is 1.47. The first-order valence-electron chi connectivity index (χ1n) is 5.43. The quantitative estimate of drug-likeness (QED) is 0.886. The maximum atomic E-state index is 12.3. The van der Waals surface area contributed by atoms with E-state index in [2.05, 4.69) is 0 Å². The van der Waals surface area contributed by atoms with Gasteiger partial charge in [0.25, 0.3) is 0 Å². The van der Waals surface area contributed by atoms with Crippen LogP contribution in [0.4, 0.5) is 0 Å². The summed E-state index contributed by atoms with van der Waals surface area (Å²) in [5, 5.41) is 17.7. The van der Waals surface area contributed by atoms with Gasteiger partial charge in [-0.1, -0.05) is 6.07 Å². The molecule has 0 heterocycles. The number of carbonyl (C=O) groups is 1. The molecule has 0 radical (unpaired) electrons. The van der Waals surface area contributed by atoms with Crippen molar-refractivity contribution in [3.63, 3.8) is 0 Å². The molecule has 6 nitrogen and oxygen atoms in total. The van der Waals surface area contributed by atoms with Gasteiger partial charge >= 0.3 is 5.97 Å². The predicted octanol–water partition coefficient (Wildman–Crippen LogP) is 0.960. The molecule has 0 aromatic heterocycles. The summed E-state index contributed by atoms with van der Waals surface area (Å²) in [6, 6.07) is 4.95. The Morgan fingerprint density at radius 2 is 2.05 bits per heavy atom. The van der Waals surface area contributed by atoms with E-state index in [1.807, 2.05) is 6.07 Å². The molecular formula is C12H14N2O4S. The Hall–Kier alpha value is -1.91. The van der Waals surface area contributed by atoms with Gasteiger partial charge in [0.05, 0.1) is 16.5 Å². The lowest BCUT2D eigenvalue weighted by Crippen LogP contribution is -2.40. The minimum atomic E-state index is -3.95. The molecule has 0 spiro atoms. The van der Waals surface area contributed by atoms with Crippen molar-refractivity contribution < 1.29 is 18.3 Å². The molecule has 1 unspecified atom stereocenters. The number of rotatable bonds is 4. The highest BCUT2D eigenvalue weighted by atomic mass is 32.2. The fourth-order valence-corrected chi connectivity index (χ4v) is 3.03. The maximum absolute atomic E-state index is 12.3. The van der Waals surface area contributed by atoms with Crippen LogP contribution in [0.2, 0.25) is 0 Å². The van der Waals surface area contributed by atoms with Gasteiger partial charge in [-0.3, -0.25) is 4.79 Å². The number of aryl methyl sites for hydroxylation is 1. The number of aliphatic carboxylic acids is 1. The lowest BCUT2D eigenvalue weighted by molar-refractivity contribution is -0.140. The molecule has 1 N–H and O–H groups in total. The molecule has 0 saturated carbocycles. The molecule has 0 amide bonds. The molecule has 0 bridgehead atoms. The number of hydrogen-bond donors (Lipinski definition) is 1. The van der Waals surface area contributed by atoms with Gasteiger partial charge in [0.1, 0.15) is 6.04 Å². The highest BCUT2D eigenvalue weighted by Crippen LogP contribution is 2.21. The number of nitrogens with zero attached hydrogens (tertiary/aromatic N) is 2. The van der Waals surface area contributed by atoms with E-state index in [1.165, 1.54) is 32.2 Å². The van der Waals surface area contributed by atoms with E-state index in [4.69, 9.17) is 10.4 Å². The van der Waals surface area contributed by atoms with Crippen LogP contribution in [0.15, 0.2) is 23.1 Å². The first-order chi connectivity index (χ1) is 8.71. The molecule has 0 aliphatic rings. The van der Waals surface area contributed by atoms with Crippen LogP contribution >= 0.6 is 0 Å². The zero-order valence-corrected chi connectivity index (χ0v) is 11.6. The van der Waals surface area contributed by atoms with Gasteiger partial charge in [-0.05, 0) is 31.5 Å². The third-order valence-corrected chi connectivity index (χ3v) is 4.95. The van der Waals surface area contributed by atoms with Crippen LogP contribution in [-0.2, 0) is 14.8 Å². The summed E-state index contributed by atoms with van der Waals surface area (Å²) in [4.78, 5) is 10.8. The van der Waals surface area contributed by atoms with Crippen LogP contribution in [0, 0.1) is 18.3 Å². The number of sulfonamides is 1. The normalized spacial score (nSPS) is 13.0. The van der Waals surface area contributed by atoms with Crippen LogP contribution in [0.5, 0.6) is 0 Å². The third kappa shape index (κ3) is 2.92. The highest BCUT2D eigenvalue weighted by Gasteiger charge is 2.30. The van der Waals surface area contributed by atoms with Crippen molar-refractivity contribution in [2.75, 3.05) is 7.05 Å². The molecule has 102 valence electrons. The Morgan fingerprint density at radius 1 is 1.47 bits per heavy atom. The van der Waals surface area contributed by atoms with Crippen molar-refractivity contribution in [2.45, 2.75) is 24.8 Å². The van der Waals surface area contributed by atoms with E-state index in [0.29, 0.717) is 5.56 Å². The van der Waals surface area contributed by atoms with Crippen molar-refractivity contribution in [3.8, 4) is 6.07 Å². The lowest BCUT2D eigenvalue weighted by atomic mass is 10.2. The first-order valence-corrected chi connectivity index (χ1v) is 6.87. The zero-order valence-electron chi connectivity index (χ0n) is 10.8. The van der Waals surface area contributed by atoms with E-state index in [0.717, 1.165) is 4.31 Å². The standard InChI is InChI=1S/C12H14N2O4S/c1-8-4-5-10(7-13)6-11(8)19(17,18)14(3)9(2)12(15)16/h4-6,9H,1-3H3,(H,15,16). The molecule has 0 aliphatic heterocycles. The second-order valence-electron chi connectivity index (χ2n) is 4.13. The lowest BCUT2D eigenvalue weighted by Gasteiger charge is -2.22. The number of hydrogen-bond acceptors (Lipinski definition) is 4. The van der Waals surface area contributed by atoms with Gasteiger partial charge in [-0.25, -0.2) is 8.42 Å². The SMILES string of the molecule is Cc1ccc(C#N)cc1S(=O)(=O)N(C)C(C)C(=O)O. The number of carboxylic acids is 1. The average molecular weight is 282 g/mol. The summed E-state index contributed by atoms with van der Waals surface area (Å²) in [7, 11) is -2.74. The number of nitriles is 1. The van der Waals surface area contributed by atoms with Crippen molar-refractivity contribution in [2.24, 2.45) is 0 Å². The van der Waals surface area contributed by atoms with Crippen molar-refractivity contribution in [3.05, 3.63) is 29.3 Å². The van der Waals surface area contributed by atoms with E-state index in [9.17, 15) is 13.2 Å². The van der Waals surface area contributed by atoms with Crippen LogP contribution in [0.3, 0.4) is 0 Å². The molecule has 1 aromatic rings. The van der Waals surface area contributed by atoms with Crippen LogP contribution in [0.25, 0.3) is 0 Å². The summed E-state index contributed by atoms with van der Waals surface area (Å²) in [6.07, 6.45) is 0. The second-order valence-corrected chi connectivity index (χ2v) is 6.09. The fraction of sp³-hybridized carbons (Fsp3) is 0.333. The summed E-state index contributed by atoms with van der Waals surface area (Å²) >= 11 is 0. The minimum Gasteiger partial charge on any atom is -0.480 e. The molecule has 1 aromatic carbocycles. The molecule has 1 atom stereocenters. The van der Waals surface area contributed by atoms with E-state index >= 15 is 0 Å². The number of carboxylic acid groups (broad SMARTS) is 1. The topological polar surface area (TPSA) is 98.5 Å². The number of benzene rings is 1. The summed E-state index contributed by atoms with van der Waals surface area (Å²) < 4.78 is 25.4. The van der Waals surface area contributed by atoms with Crippen molar-refractivity contribution >= 4 is 16.0 Å². The zero-order chi connectivity index (χ0) is 14.8. The largest absolute Gasteiger partial charge is 0.480 e. The van der Waals surface area contributed by atoms with Gasteiger partial charge in [0.15, 0.2) is 0 Å². The molecule has 7 heteroatoms. The average Bonchev–Trinajstić information content (AvgIpc) is 2.37. The van der Waals surface area contributed by atoms with Gasteiger partial charge in [0.2, 0.25) is 10.0 Å². The van der Waals surface area contributed by atoms with E-state index < -0.39 is 22.0 Å². The highest BCUT2D eigenvalue weighted by molar-refractivity contribution is 7.89. The molecular weight excluding hydrogens is 268 g/mol. The third-order valence-electron chi connectivity index (χ3n) is 2.88. The number of likely N-dealkylation sites (N-methyl/N-ethyl adjacent to an activating group) is 1.